The first-order valence-corrected chi connectivity index (χ1v) is 5.21. The van der Waals surface area contributed by atoms with Crippen LogP contribution in [0.4, 0.5) is 0 Å². The van der Waals surface area contributed by atoms with Crippen molar-refractivity contribution in [2.45, 2.75) is 32.9 Å². The van der Waals surface area contributed by atoms with Crippen molar-refractivity contribution in [1.29, 1.82) is 0 Å². The van der Waals surface area contributed by atoms with Gasteiger partial charge in [0.15, 0.2) is 0 Å². The molecule has 1 aromatic carbocycles. The Hall–Kier alpha value is -1.35. The Morgan fingerprint density at radius 1 is 1.40 bits per heavy atom. The van der Waals surface area contributed by atoms with Crippen LogP contribution < -0.4 is 11.1 Å². The number of aryl methyl sites for hydroxylation is 1. The molecule has 1 atom stereocenters. The fraction of sp³-hybridized carbons (Fsp3) is 0.417. The summed E-state index contributed by atoms with van der Waals surface area (Å²) in [7, 11) is 0. The molecule has 0 spiro atoms. The predicted molar refractivity (Wildman–Crippen MR) is 61.3 cm³/mol. The topological polar surface area (TPSA) is 55.1 Å². The summed E-state index contributed by atoms with van der Waals surface area (Å²) in [6.45, 7) is 4.68. The molecule has 3 N–H and O–H groups in total. The lowest BCUT2D eigenvalue weighted by Gasteiger charge is -2.12. The van der Waals surface area contributed by atoms with E-state index in [1.807, 2.05) is 6.92 Å². The van der Waals surface area contributed by atoms with Crippen molar-refractivity contribution in [3.05, 3.63) is 35.4 Å². The van der Waals surface area contributed by atoms with Gasteiger partial charge in [0.1, 0.15) is 0 Å². The summed E-state index contributed by atoms with van der Waals surface area (Å²) in [6.07, 6.45) is 0.723. The summed E-state index contributed by atoms with van der Waals surface area (Å²) in [5, 5.41) is 3.13. The van der Waals surface area contributed by atoms with Crippen molar-refractivity contribution in [3.63, 3.8) is 0 Å². The zero-order chi connectivity index (χ0) is 11.3. The molecule has 0 heterocycles. The third kappa shape index (κ3) is 3.72. The van der Waals surface area contributed by atoms with Gasteiger partial charge in [-0.05, 0) is 18.9 Å². The molecule has 0 fully saturated rings. The lowest BCUT2D eigenvalue weighted by atomic mass is 10.1. The Kier molecular flexibility index (Phi) is 4.31. The quantitative estimate of drug-likeness (QED) is 0.764. The van der Waals surface area contributed by atoms with Crippen LogP contribution in [0, 0.1) is 6.92 Å². The molecule has 1 rings (SSSR count). The second-order valence-electron chi connectivity index (χ2n) is 3.73. The number of rotatable bonds is 5. The normalized spacial score (nSPS) is 12.4. The molecule has 1 unspecified atom stereocenters. The molecule has 0 bridgehead atoms. The molecular weight excluding hydrogens is 188 g/mol. The summed E-state index contributed by atoms with van der Waals surface area (Å²) in [4.78, 5) is 11.0. The molecule has 0 saturated carbocycles. The molecular formula is C12H18N2O. The van der Waals surface area contributed by atoms with E-state index in [0.717, 1.165) is 6.42 Å². The number of carbonyl (C=O) groups excluding carboxylic acids is 1. The molecule has 1 aromatic rings. The minimum Gasteiger partial charge on any atom is -0.368 e. The van der Waals surface area contributed by atoms with E-state index < -0.39 is 0 Å². The molecule has 1 amide bonds. The van der Waals surface area contributed by atoms with Crippen molar-refractivity contribution in [2.75, 3.05) is 0 Å². The van der Waals surface area contributed by atoms with Crippen molar-refractivity contribution < 1.29 is 4.79 Å². The molecule has 0 aliphatic heterocycles. The lowest BCUT2D eigenvalue weighted by Crippen LogP contribution is -2.40. The summed E-state index contributed by atoms with van der Waals surface area (Å²) in [6, 6.07) is 7.99. The van der Waals surface area contributed by atoms with E-state index in [1.54, 1.807) is 0 Å². The molecule has 0 saturated heterocycles. The minimum absolute atomic E-state index is 0.230. The SMILES string of the molecule is CCC(NCc1ccc(C)cc1)C(N)=O. The van der Waals surface area contributed by atoms with Gasteiger partial charge < -0.3 is 11.1 Å². The fourth-order valence-electron chi connectivity index (χ4n) is 1.39. The second kappa shape index (κ2) is 5.51. The van der Waals surface area contributed by atoms with Crippen LogP contribution in [0.15, 0.2) is 24.3 Å². The molecule has 3 nitrogen and oxygen atoms in total. The Bertz CT molecular complexity index is 319. The molecule has 0 aliphatic carbocycles. The largest absolute Gasteiger partial charge is 0.368 e. The highest BCUT2D eigenvalue weighted by molar-refractivity contribution is 5.79. The number of carbonyl (C=O) groups is 1. The number of nitrogens with two attached hydrogens (primary N) is 1. The van der Waals surface area contributed by atoms with E-state index in [9.17, 15) is 4.79 Å². The summed E-state index contributed by atoms with van der Waals surface area (Å²) in [5.41, 5.74) is 7.64. The van der Waals surface area contributed by atoms with Crippen LogP contribution >= 0.6 is 0 Å². The monoisotopic (exact) mass is 206 g/mol. The van der Waals surface area contributed by atoms with Crippen LogP contribution in [-0.2, 0) is 11.3 Å². The average molecular weight is 206 g/mol. The summed E-state index contributed by atoms with van der Waals surface area (Å²) in [5.74, 6) is -0.287. The number of primary amides is 1. The zero-order valence-electron chi connectivity index (χ0n) is 9.29. The van der Waals surface area contributed by atoms with Gasteiger partial charge in [-0.15, -0.1) is 0 Å². The molecule has 15 heavy (non-hydrogen) atoms. The first-order chi connectivity index (χ1) is 7.13. The van der Waals surface area contributed by atoms with E-state index in [4.69, 9.17) is 5.73 Å². The van der Waals surface area contributed by atoms with E-state index in [-0.39, 0.29) is 11.9 Å². The molecule has 0 aromatic heterocycles. The summed E-state index contributed by atoms with van der Waals surface area (Å²) < 4.78 is 0. The number of benzene rings is 1. The van der Waals surface area contributed by atoms with E-state index >= 15 is 0 Å². The number of hydrogen-bond acceptors (Lipinski definition) is 2. The van der Waals surface area contributed by atoms with E-state index in [0.29, 0.717) is 6.54 Å². The van der Waals surface area contributed by atoms with Gasteiger partial charge in [0.2, 0.25) is 5.91 Å². The van der Waals surface area contributed by atoms with Crippen molar-refractivity contribution in [1.82, 2.24) is 5.32 Å². The zero-order valence-corrected chi connectivity index (χ0v) is 9.29. The van der Waals surface area contributed by atoms with Crippen molar-refractivity contribution >= 4 is 5.91 Å². The highest BCUT2D eigenvalue weighted by Crippen LogP contribution is 2.03. The van der Waals surface area contributed by atoms with Crippen LogP contribution in [0.3, 0.4) is 0 Å². The standard InChI is InChI=1S/C12H18N2O/c1-3-11(12(13)15)14-8-10-6-4-9(2)5-7-10/h4-7,11,14H,3,8H2,1-2H3,(H2,13,15). The highest BCUT2D eigenvalue weighted by atomic mass is 16.1. The van der Waals surface area contributed by atoms with Gasteiger partial charge in [-0.2, -0.15) is 0 Å². The van der Waals surface area contributed by atoms with Gasteiger partial charge in [0.25, 0.3) is 0 Å². The molecule has 82 valence electrons. The maximum Gasteiger partial charge on any atom is 0.234 e. The highest BCUT2D eigenvalue weighted by Gasteiger charge is 2.10. The van der Waals surface area contributed by atoms with E-state index in [1.165, 1.54) is 11.1 Å². The van der Waals surface area contributed by atoms with Crippen molar-refractivity contribution in [3.8, 4) is 0 Å². The predicted octanol–water partition coefficient (Wildman–Crippen LogP) is 1.35. The van der Waals surface area contributed by atoms with Gasteiger partial charge in [0.05, 0.1) is 6.04 Å². The van der Waals surface area contributed by atoms with Crippen molar-refractivity contribution in [2.24, 2.45) is 5.73 Å². The van der Waals surface area contributed by atoms with Crippen LogP contribution in [0.1, 0.15) is 24.5 Å². The molecule has 3 heteroatoms. The Labute approximate surface area is 90.7 Å². The number of hydrogen-bond donors (Lipinski definition) is 2. The number of amides is 1. The first kappa shape index (κ1) is 11.7. The van der Waals surface area contributed by atoms with Gasteiger partial charge in [-0.3, -0.25) is 4.79 Å². The smallest absolute Gasteiger partial charge is 0.234 e. The average Bonchev–Trinajstić information content (AvgIpc) is 2.21. The van der Waals surface area contributed by atoms with Crippen LogP contribution in [-0.4, -0.2) is 11.9 Å². The minimum atomic E-state index is -0.287. The first-order valence-electron chi connectivity index (χ1n) is 5.21. The number of nitrogens with one attached hydrogen (secondary N) is 1. The van der Waals surface area contributed by atoms with Gasteiger partial charge >= 0.3 is 0 Å². The van der Waals surface area contributed by atoms with E-state index in [2.05, 4.69) is 36.5 Å². The Morgan fingerprint density at radius 2 is 2.00 bits per heavy atom. The van der Waals surface area contributed by atoms with Crippen LogP contribution in [0.5, 0.6) is 0 Å². The maximum atomic E-state index is 11.0. The second-order valence-corrected chi connectivity index (χ2v) is 3.73. The Balaban J connectivity index is 2.49. The van der Waals surface area contributed by atoms with Gasteiger partial charge in [-0.1, -0.05) is 36.8 Å². The summed E-state index contributed by atoms with van der Waals surface area (Å²) >= 11 is 0. The molecule has 0 radical (unpaired) electrons. The third-order valence-electron chi connectivity index (χ3n) is 2.42. The van der Waals surface area contributed by atoms with Crippen LogP contribution in [0.25, 0.3) is 0 Å². The fourth-order valence-corrected chi connectivity index (χ4v) is 1.39. The van der Waals surface area contributed by atoms with Gasteiger partial charge in [0, 0.05) is 6.54 Å². The lowest BCUT2D eigenvalue weighted by molar-refractivity contribution is -0.120. The third-order valence-corrected chi connectivity index (χ3v) is 2.42. The molecule has 0 aliphatic rings. The Morgan fingerprint density at radius 3 is 2.47 bits per heavy atom. The maximum absolute atomic E-state index is 11.0. The van der Waals surface area contributed by atoms with Crippen LogP contribution in [0.2, 0.25) is 0 Å². The van der Waals surface area contributed by atoms with Gasteiger partial charge in [-0.25, -0.2) is 0 Å².